The van der Waals surface area contributed by atoms with Crippen molar-refractivity contribution in [1.82, 2.24) is 4.90 Å². The maximum absolute atomic E-state index is 11.9. The van der Waals surface area contributed by atoms with Crippen molar-refractivity contribution in [2.45, 2.75) is 13.8 Å². The summed E-state index contributed by atoms with van der Waals surface area (Å²) in [6.07, 6.45) is 0. The number of carbonyl (C=O) groups excluding carboxylic acids is 1. The highest BCUT2D eigenvalue weighted by Gasteiger charge is 2.23. The predicted molar refractivity (Wildman–Crippen MR) is 80.1 cm³/mol. The topological polar surface area (TPSA) is 23.6 Å². The maximum atomic E-state index is 11.9. The lowest BCUT2D eigenvalue weighted by molar-refractivity contribution is -0.134. The molecule has 104 valence electrons. The largest absolute Gasteiger partial charge is 0.368 e. The van der Waals surface area contributed by atoms with Crippen molar-refractivity contribution in [3.05, 3.63) is 28.2 Å². The van der Waals surface area contributed by atoms with Crippen molar-refractivity contribution in [2.24, 2.45) is 5.92 Å². The second kappa shape index (κ2) is 6.02. The van der Waals surface area contributed by atoms with E-state index in [1.807, 2.05) is 36.9 Å². The average molecular weight is 301 g/mol. The highest BCUT2D eigenvalue weighted by Crippen LogP contribution is 2.27. The minimum atomic E-state index is 0.0662. The molecule has 1 aromatic rings. The molecule has 1 aliphatic rings. The van der Waals surface area contributed by atoms with Gasteiger partial charge in [0.25, 0.3) is 0 Å². The number of piperazine rings is 1. The molecule has 1 aliphatic heterocycles. The summed E-state index contributed by atoms with van der Waals surface area (Å²) < 4.78 is 0. The fraction of sp³-hybridized carbons (Fsp3) is 0.500. The molecule has 1 fully saturated rings. The Kier molecular flexibility index (Phi) is 4.58. The lowest BCUT2D eigenvalue weighted by atomic mass is 10.1. The third kappa shape index (κ3) is 3.34. The number of benzene rings is 1. The van der Waals surface area contributed by atoms with E-state index in [0.717, 1.165) is 31.9 Å². The van der Waals surface area contributed by atoms with Crippen molar-refractivity contribution in [2.75, 3.05) is 31.1 Å². The van der Waals surface area contributed by atoms with E-state index in [0.29, 0.717) is 10.0 Å². The molecule has 0 aromatic heterocycles. The zero-order valence-electron chi connectivity index (χ0n) is 11.2. The second-order valence-electron chi connectivity index (χ2n) is 5.07. The minimum absolute atomic E-state index is 0.0662. The van der Waals surface area contributed by atoms with E-state index in [1.54, 1.807) is 0 Å². The molecule has 0 unspecified atom stereocenters. The Morgan fingerprint density at radius 3 is 2.26 bits per heavy atom. The molecule has 0 atom stereocenters. The van der Waals surface area contributed by atoms with Gasteiger partial charge in [-0.3, -0.25) is 4.79 Å². The zero-order chi connectivity index (χ0) is 14.0. The van der Waals surface area contributed by atoms with Gasteiger partial charge in [0.1, 0.15) is 0 Å². The fourth-order valence-corrected chi connectivity index (χ4v) is 2.52. The van der Waals surface area contributed by atoms with Gasteiger partial charge in [0.05, 0.1) is 10.0 Å². The third-order valence-corrected chi connectivity index (χ3v) is 4.09. The summed E-state index contributed by atoms with van der Waals surface area (Å²) in [6, 6.07) is 5.66. The number of anilines is 1. The van der Waals surface area contributed by atoms with Gasteiger partial charge in [0.2, 0.25) is 5.91 Å². The Morgan fingerprint density at radius 1 is 1.11 bits per heavy atom. The van der Waals surface area contributed by atoms with Crippen LogP contribution in [0, 0.1) is 5.92 Å². The molecular weight excluding hydrogens is 283 g/mol. The van der Waals surface area contributed by atoms with Crippen LogP contribution in [0.4, 0.5) is 5.69 Å². The Morgan fingerprint density at radius 2 is 1.74 bits per heavy atom. The molecule has 0 bridgehead atoms. The normalized spacial score (nSPS) is 16.1. The summed E-state index contributed by atoms with van der Waals surface area (Å²) in [5.74, 6) is 0.297. The lowest BCUT2D eigenvalue weighted by Gasteiger charge is -2.37. The van der Waals surface area contributed by atoms with Crippen molar-refractivity contribution >= 4 is 34.8 Å². The first-order chi connectivity index (χ1) is 8.99. The van der Waals surface area contributed by atoms with Gasteiger partial charge in [0, 0.05) is 37.8 Å². The number of amides is 1. The van der Waals surface area contributed by atoms with Crippen LogP contribution in [0.5, 0.6) is 0 Å². The van der Waals surface area contributed by atoms with Crippen molar-refractivity contribution in [3.8, 4) is 0 Å². The van der Waals surface area contributed by atoms with Crippen LogP contribution >= 0.6 is 23.2 Å². The summed E-state index contributed by atoms with van der Waals surface area (Å²) in [7, 11) is 0. The second-order valence-corrected chi connectivity index (χ2v) is 5.88. The molecule has 19 heavy (non-hydrogen) atoms. The molecule has 0 spiro atoms. The number of hydrogen-bond donors (Lipinski definition) is 0. The third-order valence-electron chi connectivity index (χ3n) is 3.35. The van der Waals surface area contributed by atoms with E-state index in [-0.39, 0.29) is 11.8 Å². The highest BCUT2D eigenvalue weighted by atomic mass is 35.5. The molecule has 2 rings (SSSR count). The summed E-state index contributed by atoms with van der Waals surface area (Å²) in [5, 5.41) is 1.14. The van der Waals surface area contributed by atoms with E-state index in [2.05, 4.69) is 4.90 Å². The molecule has 0 saturated carbocycles. The van der Waals surface area contributed by atoms with Crippen LogP contribution in [-0.4, -0.2) is 37.0 Å². The number of nitrogens with zero attached hydrogens (tertiary/aromatic N) is 2. The first kappa shape index (κ1) is 14.5. The van der Waals surface area contributed by atoms with Gasteiger partial charge in [-0.15, -0.1) is 0 Å². The highest BCUT2D eigenvalue weighted by molar-refractivity contribution is 6.42. The zero-order valence-corrected chi connectivity index (χ0v) is 12.7. The van der Waals surface area contributed by atoms with Crippen LogP contribution < -0.4 is 4.90 Å². The number of hydrogen-bond acceptors (Lipinski definition) is 2. The van der Waals surface area contributed by atoms with Crippen LogP contribution in [0.3, 0.4) is 0 Å². The summed E-state index contributed by atoms with van der Waals surface area (Å²) in [4.78, 5) is 16.1. The van der Waals surface area contributed by atoms with Crippen LogP contribution in [0.15, 0.2) is 18.2 Å². The molecular formula is C14H18Cl2N2O. The van der Waals surface area contributed by atoms with Gasteiger partial charge in [-0.05, 0) is 18.2 Å². The number of rotatable bonds is 2. The SMILES string of the molecule is CC(C)C(=O)N1CCN(c2ccc(Cl)c(Cl)c2)CC1. The summed E-state index contributed by atoms with van der Waals surface area (Å²) in [5.41, 5.74) is 1.06. The molecule has 5 heteroatoms. The molecule has 1 saturated heterocycles. The van der Waals surface area contributed by atoms with Crippen LogP contribution in [0.25, 0.3) is 0 Å². The average Bonchev–Trinajstić information content (AvgIpc) is 2.41. The van der Waals surface area contributed by atoms with Gasteiger partial charge in [0.15, 0.2) is 0 Å². The minimum Gasteiger partial charge on any atom is -0.368 e. The Balaban J connectivity index is 2.00. The van der Waals surface area contributed by atoms with E-state index in [9.17, 15) is 4.79 Å². The lowest BCUT2D eigenvalue weighted by Crippen LogP contribution is -2.49. The summed E-state index contributed by atoms with van der Waals surface area (Å²) >= 11 is 11.9. The van der Waals surface area contributed by atoms with Crippen LogP contribution in [0.2, 0.25) is 10.0 Å². The van der Waals surface area contributed by atoms with Crippen LogP contribution in [-0.2, 0) is 4.79 Å². The maximum Gasteiger partial charge on any atom is 0.225 e. The van der Waals surface area contributed by atoms with Gasteiger partial charge < -0.3 is 9.80 Å². The molecule has 1 aromatic carbocycles. The molecule has 1 heterocycles. The van der Waals surface area contributed by atoms with Crippen molar-refractivity contribution in [1.29, 1.82) is 0 Å². The van der Waals surface area contributed by atoms with Crippen molar-refractivity contribution in [3.63, 3.8) is 0 Å². The molecule has 0 aliphatic carbocycles. The number of carbonyl (C=O) groups is 1. The Bertz CT molecular complexity index is 469. The molecule has 3 nitrogen and oxygen atoms in total. The first-order valence-electron chi connectivity index (χ1n) is 6.48. The van der Waals surface area contributed by atoms with Gasteiger partial charge in [-0.2, -0.15) is 0 Å². The van der Waals surface area contributed by atoms with Crippen molar-refractivity contribution < 1.29 is 4.79 Å². The molecule has 1 amide bonds. The molecule has 0 N–H and O–H groups in total. The van der Waals surface area contributed by atoms with E-state index in [1.165, 1.54) is 0 Å². The molecule has 0 radical (unpaired) electrons. The fourth-order valence-electron chi connectivity index (χ4n) is 2.23. The van der Waals surface area contributed by atoms with Gasteiger partial charge in [-0.25, -0.2) is 0 Å². The first-order valence-corrected chi connectivity index (χ1v) is 7.23. The Hall–Kier alpha value is -0.930. The van der Waals surface area contributed by atoms with E-state index in [4.69, 9.17) is 23.2 Å². The summed E-state index contributed by atoms with van der Waals surface area (Å²) in [6.45, 7) is 7.06. The standard InChI is InChI=1S/C14H18Cl2N2O/c1-10(2)14(19)18-7-5-17(6-8-18)11-3-4-12(15)13(16)9-11/h3-4,9-10H,5-8H2,1-2H3. The smallest absolute Gasteiger partial charge is 0.225 e. The van der Waals surface area contributed by atoms with E-state index >= 15 is 0 Å². The quantitative estimate of drug-likeness (QED) is 0.837. The monoisotopic (exact) mass is 300 g/mol. The number of halogens is 2. The van der Waals surface area contributed by atoms with Gasteiger partial charge >= 0.3 is 0 Å². The van der Waals surface area contributed by atoms with E-state index < -0.39 is 0 Å². The van der Waals surface area contributed by atoms with Gasteiger partial charge in [-0.1, -0.05) is 37.0 Å². The van der Waals surface area contributed by atoms with Crippen LogP contribution in [0.1, 0.15) is 13.8 Å². The Labute approximate surface area is 124 Å². The predicted octanol–water partition coefficient (Wildman–Crippen LogP) is 3.30.